The van der Waals surface area contributed by atoms with E-state index in [2.05, 4.69) is 35.3 Å². The van der Waals surface area contributed by atoms with Crippen LogP contribution in [-0.4, -0.2) is 130 Å². The minimum atomic E-state index is -0.133. The summed E-state index contributed by atoms with van der Waals surface area (Å²) < 4.78 is 0. The van der Waals surface area contributed by atoms with Crippen LogP contribution in [0.3, 0.4) is 0 Å². The van der Waals surface area contributed by atoms with Gasteiger partial charge in [0.15, 0.2) is 10.3 Å². The van der Waals surface area contributed by atoms with Crippen LogP contribution in [0.25, 0.3) is 0 Å². The summed E-state index contributed by atoms with van der Waals surface area (Å²) >= 11 is 2.81. The minimum absolute atomic E-state index is 0.0756. The van der Waals surface area contributed by atoms with Gasteiger partial charge in [0.25, 0.3) is 0 Å². The third-order valence-electron chi connectivity index (χ3n) is 6.49. The van der Waals surface area contributed by atoms with Gasteiger partial charge in [-0.15, -0.1) is 0 Å². The lowest BCUT2D eigenvalue weighted by Gasteiger charge is -2.30. The molecule has 0 unspecified atom stereocenters. The van der Waals surface area contributed by atoms with Crippen LogP contribution >= 0.6 is 23.5 Å². The lowest BCUT2D eigenvalue weighted by molar-refractivity contribution is -0.134. The van der Waals surface area contributed by atoms with E-state index < -0.39 is 0 Å². The van der Waals surface area contributed by atoms with E-state index in [1.165, 1.54) is 51.2 Å². The molecule has 0 fully saturated rings. The Morgan fingerprint density at radius 3 is 1.55 bits per heavy atom. The number of carbonyl (C=O) groups excluding carboxylic acids is 4. The first-order chi connectivity index (χ1) is 19.9. The van der Waals surface area contributed by atoms with Crippen LogP contribution in [0, 0.1) is 0 Å². The van der Waals surface area contributed by atoms with E-state index in [1.807, 2.05) is 0 Å². The van der Waals surface area contributed by atoms with Crippen molar-refractivity contribution in [3.63, 3.8) is 0 Å². The summed E-state index contributed by atoms with van der Waals surface area (Å²) in [6, 6.07) is 0. The third kappa shape index (κ3) is 13.9. The van der Waals surface area contributed by atoms with Gasteiger partial charge in [-0.05, 0) is 18.2 Å². The van der Waals surface area contributed by atoms with Gasteiger partial charge in [0, 0.05) is 99.4 Å². The highest BCUT2D eigenvalue weighted by atomic mass is 32.2. The van der Waals surface area contributed by atoms with E-state index in [9.17, 15) is 19.2 Å². The van der Waals surface area contributed by atoms with Gasteiger partial charge in [-0.1, -0.05) is 44.0 Å². The molecule has 0 aromatic carbocycles. The normalized spacial score (nSPS) is 10.6. The van der Waals surface area contributed by atoms with E-state index in [0.717, 1.165) is 25.9 Å². The van der Waals surface area contributed by atoms with Crippen molar-refractivity contribution in [3.05, 3.63) is 12.0 Å². The number of likely N-dealkylation sites (N-methyl/N-ethyl adjacent to an activating group) is 1. The highest BCUT2D eigenvalue weighted by Crippen LogP contribution is 2.22. The number of anilines is 1. The topological polar surface area (TPSA) is 123 Å². The van der Waals surface area contributed by atoms with Crippen molar-refractivity contribution >= 4 is 53.1 Å². The molecule has 0 N–H and O–H groups in total. The second-order valence-electron chi connectivity index (χ2n) is 9.78. The Balaban J connectivity index is 2.81. The summed E-state index contributed by atoms with van der Waals surface area (Å²) in [5.41, 5.74) is 0. The number of hydrogen-bond acceptors (Lipinski definition) is 10. The average Bonchev–Trinajstić information content (AvgIpc) is 2.92. The first-order valence-electron chi connectivity index (χ1n) is 14.3. The highest BCUT2D eigenvalue weighted by molar-refractivity contribution is 8.02. The fraction of sp³-hybridized carbons (Fsp3) is 0.679. The molecule has 236 valence electrons. The van der Waals surface area contributed by atoms with Crippen LogP contribution in [0.15, 0.2) is 22.3 Å². The highest BCUT2D eigenvalue weighted by Gasteiger charge is 2.18. The fourth-order valence-corrected chi connectivity index (χ4v) is 5.22. The van der Waals surface area contributed by atoms with Crippen LogP contribution in [0.1, 0.15) is 54.4 Å². The zero-order valence-electron chi connectivity index (χ0n) is 26.3. The van der Waals surface area contributed by atoms with Crippen molar-refractivity contribution in [3.8, 4) is 0 Å². The van der Waals surface area contributed by atoms with Crippen LogP contribution in [0.2, 0.25) is 0 Å². The van der Waals surface area contributed by atoms with Crippen molar-refractivity contribution in [2.24, 2.45) is 0 Å². The van der Waals surface area contributed by atoms with E-state index in [4.69, 9.17) is 4.98 Å². The van der Waals surface area contributed by atoms with E-state index in [0.29, 0.717) is 67.8 Å². The third-order valence-corrected chi connectivity index (χ3v) is 7.88. The van der Waals surface area contributed by atoms with Crippen LogP contribution < -0.4 is 4.90 Å². The molecule has 12 nitrogen and oxygen atoms in total. The maximum Gasteiger partial charge on any atom is 0.230 e. The Hall–Kier alpha value is -2.87. The minimum Gasteiger partial charge on any atom is -0.344 e. The van der Waals surface area contributed by atoms with Crippen molar-refractivity contribution in [1.29, 1.82) is 0 Å². The van der Waals surface area contributed by atoms with Gasteiger partial charge in [0.05, 0.1) is 0 Å². The molecule has 0 aliphatic heterocycles. The molecule has 42 heavy (non-hydrogen) atoms. The van der Waals surface area contributed by atoms with Crippen LogP contribution in [0.4, 0.5) is 5.95 Å². The van der Waals surface area contributed by atoms with Gasteiger partial charge < -0.3 is 24.5 Å². The van der Waals surface area contributed by atoms with E-state index in [-0.39, 0.29) is 23.6 Å². The zero-order chi connectivity index (χ0) is 31.7. The number of nitrogens with zero attached hydrogens (tertiary/aromatic N) is 8. The Bertz CT molecular complexity index is 1040. The zero-order valence-corrected chi connectivity index (χ0v) is 27.9. The fourth-order valence-electron chi connectivity index (χ4n) is 3.95. The molecule has 14 heteroatoms. The Morgan fingerprint density at radius 2 is 1.12 bits per heavy atom. The molecule has 1 aromatic rings. The predicted octanol–water partition coefficient (Wildman–Crippen LogP) is 2.85. The molecule has 1 aromatic heterocycles. The number of aromatic nitrogens is 3. The molecular formula is C28H48N8O4S2. The largest absolute Gasteiger partial charge is 0.344 e. The molecule has 0 aliphatic rings. The Labute approximate surface area is 259 Å². The van der Waals surface area contributed by atoms with Gasteiger partial charge in [-0.3, -0.25) is 19.2 Å². The second kappa shape index (κ2) is 20.1. The summed E-state index contributed by atoms with van der Waals surface area (Å²) in [5.74, 6) is 0.798. The first-order valence-corrected chi connectivity index (χ1v) is 16.2. The quantitative estimate of drug-likeness (QED) is 0.200. The maximum absolute atomic E-state index is 12.4. The van der Waals surface area contributed by atoms with Crippen LogP contribution in [0.5, 0.6) is 0 Å². The molecule has 0 atom stereocenters. The number of thioether (sulfide) groups is 2. The van der Waals surface area contributed by atoms with Gasteiger partial charge in [0.1, 0.15) is 0 Å². The monoisotopic (exact) mass is 624 g/mol. The molecule has 1 heterocycles. The van der Waals surface area contributed by atoms with Gasteiger partial charge in [0.2, 0.25) is 29.6 Å². The van der Waals surface area contributed by atoms with E-state index in [1.54, 1.807) is 32.1 Å². The summed E-state index contributed by atoms with van der Waals surface area (Å²) in [5, 5.41) is 2.87. The SMILES string of the molecule is C=CSc1nc(SCCN(CCN(CCN(CCN(C)C(C)=O)C(C)=O)C(C)=O)C(C)=O)nc(N(CCC)CCC)n1. The van der Waals surface area contributed by atoms with Crippen molar-refractivity contribution in [1.82, 2.24) is 34.6 Å². The number of amides is 4. The van der Waals surface area contributed by atoms with Gasteiger partial charge in [-0.25, -0.2) is 0 Å². The molecule has 0 saturated carbocycles. The number of carbonyl (C=O) groups is 4. The predicted molar refractivity (Wildman–Crippen MR) is 169 cm³/mol. The molecule has 0 aliphatic carbocycles. The Morgan fingerprint density at radius 1 is 0.667 bits per heavy atom. The van der Waals surface area contributed by atoms with E-state index >= 15 is 0 Å². The molecule has 0 saturated heterocycles. The Kier molecular flexibility index (Phi) is 17.8. The molecule has 4 amide bonds. The number of hydrogen-bond donors (Lipinski definition) is 0. The smallest absolute Gasteiger partial charge is 0.230 e. The molecular weight excluding hydrogens is 576 g/mol. The van der Waals surface area contributed by atoms with Crippen molar-refractivity contribution < 1.29 is 19.2 Å². The molecule has 0 spiro atoms. The standard InChI is InChI=1S/C28H48N8O4S2/c1-9-12-36(13-10-2)26-29-27(41-11-3)31-28(30-26)42-21-20-35(25(7)40)19-18-34(24(6)39)17-16-33(23(5)38)15-14-32(8)22(4)37/h11H,3,9-10,12-21H2,1-2,4-8H3. The molecule has 0 radical (unpaired) electrons. The lowest BCUT2D eigenvalue weighted by atomic mass is 10.3. The van der Waals surface area contributed by atoms with Crippen molar-refractivity contribution in [2.45, 2.75) is 64.7 Å². The maximum atomic E-state index is 12.4. The van der Waals surface area contributed by atoms with Crippen LogP contribution in [-0.2, 0) is 19.2 Å². The number of rotatable bonds is 20. The molecule has 1 rings (SSSR count). The summed E-state index contributed by atoms with van der Waals surface area (Å²) in [6.45, 7) is 18.3. The summed E-state index contributed by atoms with van der Waals surface area (Å²) in [4.78, 5) is 70.9. The second-order valence-corrected chi connectivity index (χ2v) is 11.8. The lowest BCUT2D eigenvalue weighted by Crippen LogP contribution is -2.45. The molecule has 0 bridgehead atoms. The summed E-state index contributed by atoms with van der Waals surface area (Å²) in [7, 11) is 1.68. The summed E-state index contributed by atoms with van der Waals surface area (Å²) in [6.07, 6.45) is 1.96. The average molecular weight is 625 g/mol. The van der Waals surface area contributed by atoms with Gasteiger partial charge in [-0.2, -0.15) is 15.0 Å². The van der Waals surface area contributed by atoms with Gasteiger partial charge >= 0.3 is 0 Å². The first kappa shape index (κ1) is 37.2. The van der Waals surface area contributed by atoms with Crippen molar-refractivity contribution in [2.75, 3.05) is 76.6 Å².